The Kier molecular flexibility index (Phi) is 16.5. The predicted octanol–water partition coefficient (Wildman–Crippen LogP) is 30.2. The maximum atomic E-state index is 5.46. The van der Waals surface area contributed by atoms with Crippen molar-refractivity contribution in [1.29, 1.82) is 0 Å². The summed E-state index contributed by atoms with van der Waals surface area (Å²) in [5, 5.41) is 19.5. The van der Waals surface area contributed by atoms with Crippen LogP contribution in [-0.2, 0) is 0 Å². The molecule has 0 amide bonds. The van der Waals surface area contributed by atoms with Crippen molar-refractivity contribution < 1.29 is 0 Å². The highest BCUT2D eigenvalue weighted by Crippen LogP contribution is 2.47. The molecule has 0 atom stereocenters. The van der Waals surface area contributed by atoms with Crippen LogP contribution in [0.1, 0.15) is 0 Å². The van der Waals surface area contributed by atoms with Gasteiger partial charge in [0.2, 0.25) is 0 Å². The molecule has 122 heavy (non-hydrogen) atoms. The fraction of sp³-hybridized carbons (Fsp3) is 0. The number of pyridine rings is 1. The number of aromatic nitrogens is 7. The number of fused-ring (bicyclic) bond motifs is 18. The first kappa shape index (κ1) is 69.9. The number of benzene rings is 19. The lowest BCUT2D eigenvalue weighted by Crippen LogP contribution is -1.98. The van der Waals surface area contributed by atoms with Crippen LogP contribution in [0.3, 0.4) is 0 Å². The van der Waals surface area contributed by atoms with Gasteiger partial charge in [-0.2, -0.15) is 0 Å². The fourth-order valence-corrected chi connectivity index (χ4v) is 19.3. The summed E-state index contributed by atoms with van der Waals surface area (Å²) in [7, 11) is 0. The van der Waals surface area contributed by atoms with Gasteiger partial charge in [0.05, 0.1) is 66.9 Å². The molecule has 0 N–H and O–H groups in total. The molecule has 0 unspecified atom stereocenters. The molecule has 0 spiro atoms. The van der Waals surface area contributed by atoms with Gasteiger partial charge in [-0.1, -0.05) is 322 Å². The van der Waals surface area contributed by atoms with Gasteiger partial charge in [-0.25, -0.2) is 15.0 Å². The second-order valence-corrected chi connectivity index (χ2v) is 31.7. The van der Waals surface area contributed by atoms with Crippen LogP contribution in [0.25, 0.3) is 232 Å². The van der Waals surface area contributed by atoms with E-state index in [1.54, 1.807) is 0 Å². The van der Waals surface area contributed by atoms with E-state index in [1.165, 1.54) is 125 Å². The lowest BCUT2D eigenvalue weighted by molar-refractivity contribution is 1.17. The first-order chi connectivity index (χ1) is 60.5. The van der Waals surface area contributed by atoms with E-state index in [0.29, 0.717) is 5.82 Å². The Hall–Kier alpha value is -16.4. The molecule has 0 bridgehead atoms. The summed E-state index contributed by atoms with van der Waals surface area (Å²) in [5.41, 5.74) is 27.7. The SMILES string of the molecule is c1ccc(-c2ccc(-c3cc(-c4ccccc4)nc(-c4cccc5ccc(-n6c7ccccc7c7c8c9ccccc9n(-c9ccccc9)c8ccc76)cc45)n3)cc2)cc1.c1ccc(-n2c3ccccc3c3c4c5ccccc5n(-c5ccc6ccc(-c7cc(-c8cccc9ccccc89)cc(-c8cccc9ccccc89)n7)cc6c5)c4ccc32)cc1. The molecular weight excluding hydrogens is 1480 g/mol. The van der Waals surface area contributed by atoms with E-state index in [4.69, 9.17) is 15.0 Å². The Morgan fingerprint density at radius 2 is 0.492 bits per heavy atom. The fourth-order valence-electron chi connectivity index (χ4n) is 19.3. The Bertz CT molecular complexity index is 8380. The summed E-state index contributed by atoms with van der Waals surface area (Å²) in [4.78, 5) is 16.1. The summed E-state index contributed by atoms with van der Waals surface area (Å²) in [6, 6.07) is 159. The Labute approximate surface area is 703 Å². The molecule has 6 heterocycles. The van der Waals surface area contributed by atoms with Gasteiger partial charge in [-0.05, 0) is 187 Å². The summed E-state index contributed by atoms with van der Waals surface area (Å²) in [6.45, 7) is 0. The maximum Gasteiger partial charge on any atom is 0.161 e. The molecule has 7 nitrogen and oxygen atoms in total. The molecule has 0 radical (unpaired) electrons. The maximum absolute atomic E-state index is 5.46. The van der Waals surface area contributed by atoms with Crippen molar-refractivity contribution in [2.24, 2.45) is 0 Å². The Morgan fingerprint density at radius 1 is 0.148 bits per heavy atom. The minimum Gasteiger partial charge on any atom is -0.309 e. The van der Waals surface area contributed by atoms with E-state index in [2.05, 4.69) is 455 Å². The van der Waals surface area contributed by atoms with E-state index >= 15 is 0 Å². The second-order valence-electron chi connectivity index (χ2n) is 31.7. The molecule has 25 rings (SSSR count). The zero-order valence-electron chi connectivity index (χ0n) is 66.3. The highest BCUT2D eigenvalue weighted by atomic mass is 15.0. The number of rotatable bonds is 11. The van der Waals surface area contributed by atoms with Crippen LogP contribution >= 0.6 is 0 Å². The molecule has 25 aromatic rings. The van der Waals surface area contributed by atoms with E-state index in [9.17, 15) is 0 Å². The molecule has 0 fully saturated rings. The lowest BCUT2D eigenvalue weighted by atomic mass is 9.94. The topological polar surface area (TPSA) is 58.4 Å². The highest BCUT2D eigenvalue weighted by molar-refractivity contribution is 6.30. The largest absolute Gasteiger partial charge is 0.309 e. The molecule has 0 aliphatic rings. The van der Waals surface area contributed by atoms with Crippen LogP contribution in [0, 0.1) is 0 Å². The van der Waals surface area contributed by atoms with Gasteiger partial charge >= 0.3 is 0 Å². The molecule has 0 aliphatic heterocycles. The van der Waals surface area contributed by atoms with Crippen molar-refractivity contribution in [2.45, 2.75) is 0 Å². The van der Waals surface area contributed by atoms with Gasteiger partial charge in [0, 0.05) is 93.7 Å². The van der Waals surface area contributed by atoms with Gasteiger partial charge < -0.3 is 18.3 Å². The van der Waals surface area contributed by atoms with Crippen LogP contribution in [-0.4, -0.2) is 33.2 Å². The van der Waals surface area contributed by atoms with Crippen molar-refractivity contribution in [3.05, 3.63) is 443 Å². The average Bonchev–Trinajstić information content (AvgIpc) is 1.55. The molecule has 0 saturated carbocycles. The Morgan fingerprint density at radius 3 is 1.01 bits per heavy atom. The van der Waals surface area contributed by atoms with Gasteiger partial charge in [0.1, 0.15) is 0 Å². The third-order valence-corrected chi connectivity index (χ3v) is 24.8. The third kappa shape index (κ3) is 11.6. The summed E-state index contributed by atoms with van der Waals surface area (Å²) in [6.07, 6.45) is 0. The first-order valence-electron chi connectivity index (χ1n) is 41.7. The number of hydrogen-bond donors (Lipinski definition) is 0. The molecule has 6 aromatic heterocycles. The monoisotopic (exact) mass is 1550 g/mol. The summed E-state index contributed by atoms with van der Waals surface area (Å²) < 4.78 is 9.68. The van der Waals surface area contributed by atoms with Crippen LogP contribution in [0.15, 0.2) is 443 Å². The van der Waals surface area contributed by atoms with Crippen LogP contribution in [0.5, 0.6) is 0 Å². The average molecular weight is 1550 g/mol. The van der Waals surface area contributed by atoms with Gasteiger partial charge in [-0.3, -0.25) is 0 Å². The van der Waals surface area contributed by atoms with Crippen molar-refractivity contribution >= 4 is 130 Å². The smallest absolute Gasteiger partial charge is 0.161 e. The van der Waals surface area contributed by atoms with E-state index in [-0.39, 0.29) is 0 Å². The first-order valence-corrected chi connectivity index (χ1v) is 41.7. The summed E-state index contributed by atoms with van der Waals surface area (Å²) in [5.74, 6) is 0.693. The molecular formula is C115H73N7. The normalized spacial score (nSPS) is 11.8. The highest BCUT2D eigenvalue weighted by Gasteiger charge is 2.25. The van der Waals surface area contributed by atoms with Crippen LogP contribution in [0.2, 0.25) is 0 Å². The zero-order valence-corrected chi connectivity index (χ0v) is 66.3. The van der Waals surface area contributed by atoms with E-state index < -0.39 is 0 Å². The molecule has 0 aliphatic carbocycles. The van der Waals surface area contributed by atoms with Gasteiger partial charge in [0.15, 0.2) is 5.82 Å². The van der Waals surface area contributed by atoms with Crippen molar-refractivity contribution in [2.75, 3.05) is 0 Å². The standard InChI is InChI=1S/C59H37N3.C56H36N4/c1-2-18-44(19-3-1)61-54-26-10-8-22-50(54)58-56(61)32-33-57-59(58)51-23-9-11-27-55(51)62(57)45-31-30-38-28-29-41(34-42(38)35-45)52-36-43(48-24-12-16-39-14-4-6-20-46(39)48)37-53(60-52)49-25-13-17-40-15-5-7-21-47(40)49;1-4-15-37(16-5-1)38-27-29-41(30-28-38)49-36-48(40-17-6-2-7-18-40)57-56(58-49)44-24-14-19-39-31-32-43(35-47(39)44)60-51-26-13-11-23-46(51)55-53(60)34-33-52-54(55)45-22-10-12-25-50(45)59(52)42-20-8-3-9-21-42/h1-37H;1-36H. The van der Waals surface area contributed by atoms with Crippen molar-refractivity contribution in [1.82, 2.24) is 33.2 Å². The van der Waals surface area contributed by atoms with Crippen molar-refractivity contribution in [3.63, 3.8) is 0 Å². The van der Waals surface area contributed by atoms with E-state index in [1.807, 2.05) is 6.07 Å². The minimum absolute atomic E-state index is 0.693. The third-order valence-electron chi connectivity index (χ3n) is 24.8. The predicted molar refractivity (Wildman–Crippen MR) is 512 cm³/mol. The second kappa shape index (κ2) is 28.8. The number of hydrogen-bond acceptors (Lipinski definition) is 3. The minimum atomic E-state index is 0.693. The van der Waals surface area contributed by atoms with Gasteiger partial charge in [-0.15, -0.1) is 0 Å². The Balaban J connectivity index is 0.000000138. The zero-order chi connectivity index (χ0) is 80.3. The van der Waals surface area contributed by atoms with E-state index in [0.717, 1.165) is 101 Å². The van der Waals surface area contributed by atoms with Crippen molar-refractivity contribution in [3.8, 4) is 101 Å². The van der Waals surface area contributed by atoms with Crippen LogP contribution in [0.4, 0.5) is 0 Å². The lowest BCUT2D eigenvalue weighted by Gasteiger charge is -2.14. The molecule has 568 valence electrons. The van der Waals surface area contributed by atoms with Gasteiger partial charge in [0.25, 0.3) is 0 Å². The molecule has 7 heteroatoms. The number of nitrogens with zero attached hydrogens (tertiary/aromatic N) is 7. The number of para-hydroxylation sites is 6. The quantitative estimate of drug-likeness (QED) is 0.130. The summed E-state index contributed by atoms with van der Waals surface area (Å²) >= 11 is 0. The molecule has 0 saturated heterocycles. The van der Waals surface area contributed by atoms with Crippen LogP contribution < -0.4 is 0 Å². The molecule has 19 aromatic carbocycles.